The van der Waals surface area contributed by atoms with Crippen molar-refractivity contribution in [2.75, 3.05) is 20.3 Å². The number of fused-ring (bicyclic) bond motifs is 1. The average molecular weight is 489 g/mol. The zero-order valence-electron chi connectivity index (χ0n) is 20.8. The van der Waals surface area contributed by atoms with Crippen molar-refractivity contribution >= 4 is 10.9 Å². The second-order valence-electron chi connectivity index (χ2n) is 9.25. The fraction of sp³-hybridized carbons (Fsp3) is 0.407. The molecule has 4 aromatic rings. The molecule has 1 aliphatic heterocycles. The molecule has 2 aromatic heterocycles. The van der Waals surface area contributed by atoms with Crippen molar-refractivity contribution in [3.63, 3.8) is 0 Å². The lowest BCUT2D eigenvalue weighted by Crippen LogP contribution is -2.37. The number of ether oxygens (including phenoxy) is 2. The Hall–Kier alpha value is -3.56. The first-order chi connectivity index (χ1) is 17.6. The molecule has 0 amide bonds. The van der Waals surface area contributed by atoms with Gasteiger partial charge in [-0.1, -0.05) is 37.3 Å². The molecule has 1 aliphatic rings. The fourth-order valence-corrected chi connectivity index (χ4v) is 4.97. The van der Waals surface area contributed by atoms with Crippen LogP contribution in [0.5, 0.6) is 5.75 Å². The lowest BCUT2D eigenvalue weighted by atomic mass is 10.1. The number of nitrogens with zero attached hydrogens (tertiary/aromatic N) is 5. The second-order valence-corrected chi connectivity index (χ2v) is 9.25. The van der Waals surface area contributed by atoms with Gasteiger partial charge in [-0.25, -0.2) is 4.68 Å². The average Bonchev–Trinajstić information content (AvgIpc) is 3.58. The van der Waals surface area contributed by atoms with Gasteiger partial charge in [0.25, 0.3) is 5.56 Å². The van der Waals surface area contributed by atoms with Crippen LogP contribution in [0.3, 0.4) is 0 Å². The number of aromatic amines is 1. The summed E-state index contributed by atoms with van der Waals surface area (Å²) in [7, 11) is 1.64. The van der Waals surface area contributed by atoms with Crippen molar-refractivity contribution in [1.82, 2.24) is 30.1 Å². The van der Waals surface area contributed by atoms with Crippen molar-refractivity contribution in [2.24, 2.45) is 0 Å². The number of tetrazole rings is 1. The molecule has 3 heterocycles. The lowest BCUT2D eigenvalue weighted by Gasteiger charge is -2.32. The number of methoxy groups -OCH3 is 1. The van der Waals surface area contributed by atoms with E-state index in [1.165, 1.54) is 0 Å². The molecule has 9 nitrogen and oxygen atoms in total. The Bertz CT molecular complexity index is 1350. The van der Waals surface area contributed by atoms with Crippen molar-refractivity contribution in [3.05, 3.63) is 81.9 Å². The van der Waals surface area contributed by atoms with Crippen LogP contribution in [0.15, 0.2) is 59.4 Å². The number of hydrogen-bond donors (Lipinski definition) is 1. The monoisotopic (exact) mass is 488 g/mol. The second kappa shape index (κ2) is 11.0. The van der Waals surface area contributed by atoms with Crippen LogP contribution in [0.25, 0.3) is 10.9 Å². The minimum Gasteiger partial charge on any atom is -0.497 e. The molecule has 2 atom stereocenters. The molecule has 0 spiro atoms. The number of aromatic nitrogens is 5. The van der Waals surface area contributed by atoms with Crippen LogP contribution >= 0.6 is 0 Å². The summed E-state index contributed by atoms with van der Waals surface area (Å²) in [6.45, 7) is 4.65. The van der Waals surface area contributed by atoms with E-state index in [0.29, 0.717) is 25.2 Å². The van der Waals surface area contributed by atoms with E-state index in [1.54, 1.807) is 7.11 Å². The Kier molecular flexibility index (Phi) is 7.39. The third-order valence-corrected chi connectivity index (χ3v) is 6.82. The topological polar surface area (TPSA) is 98.2 Å². The van der Waals surface area contributed by atoms with Gasteiger partial charge in [-0.3, -0.25) is 9.69 Å². The van der Waals surface area contributed by atoms with Gasteiger partial charge in [-0.15, -0.1) is 5.10 Å². The fourth-order valence-electron chi connectivity index (χ4n) is 4.97. The number of H-pyrrole nitrogens is 1. The molecule has 36 heavy (non-hydrogen) atoms. The van der Waals surface area contributed by atoms with E-state index >= 15 is 0 Å². The van der Waals surface area contributed by atoms with Crippen LogP contribution in [0.1, 0.15) is 49.2 Å². The van der Waals surface area contributed by atoms with Gasteiger partial charge >= 0.3 is 0 Å². The smallest absolute Gasteiger partial charge is 0.252 e. The Morgan fingerprint density at radius 2 is 2.08 bits per heavy atom. The highest BCUT2D eigenvalue weighted by Gasteiger charge is 2.29. The van der Waals surface area contributed by atoms with E-state index in [0.717, 1.165) is 53.9 Å². The minimum absolute atomic E-state index is 0.0756. The van der Waals surface area contributed by atoms with Gasteiger partial charge in [0.05, 0.1) is 25.8 Å². The van der Waals surface area contributed by atoms with Gasteiger partial charge in [-0.05, 0) is 59.5 Å². The molecule has 1 fully saturated rings. The highest BCUT2D eigenvalue weighted by Crippen LogP contribution is 2.27. The SMILES string of the molecule is CC[C@H](c1nnnn1Cc1ccccc1)N(Cc1cc2cc(OC)ccc2[nH]c1=O)C[C@@H]1CCCO1. The van der Waals surface area contributed by atoms with Crippen LogP contribution in [0.4, 0.5) is 0 Å². The summed E-state index contributed by atoms with van der Waals surface area (Å²) in [6, 6.07) is 17.7. The van der Waals surface area contributed by atoms with Crippen molar-refractivity contribution in [2.45, 2.75) is 51.4 Å². The van der Waals surface area contributed by atoms with E-state index in [9.17, 15) is 4.79 Å². The van der Waals surface area contributed by atoms with E-state index in [1.807, 2.05) is 47.1 Å². The highest BCUT2D eigenvalue weighted by atomic mass is 16.5. The van der Waals surface area contributed by atoms with Crippen LogP contribution in [-0.2, 0) is 17.8 Å². The normalized spacial score (nSPS) is 16.6. The first-order valence-electron chi connectivity index (χ1n) is 12.5. The molecule has 0 bridgehead atoms. The van der Waals surface area contributed by atoms with E-state index < -0.39 is 0 Å². The molecule has 1 N–H and O–H groups in total. The van der Waals surface area contributed by atoms with E-state index in [4.69, 9.17) is 9.47 Å². The predicted octanol–water partition coefficient (Wildman–Crippen LogP) is 3.70. The predicted molar refractivity (Wildman–Crippen MR) is 137 cm³/mol. The van der Waals surface area contributed by atoms with E-state index in [-0.39, 0.29) is 17.7 Å². The summed E-state index contributed by atoms with van der Waals surface area (Å²) in [6.07, 6.45) is 2.98. The molecule has 9 heteroatoms. The molecular weight excluding hydrogens is 456 g/mol. The molecule has 1 saturated heterocycles. The van der Waals surface area contributed by atoms with Crippen molar-refractivity contribution in [1.29, 1.82) is 0 Å². The Labute approximate surface area is 210 Å². The number of benzene rings is 2. The van der Waals surface area contributed by atoms with Gasteiger partial charge in [-0.2, -0.15) is 0 Å². The standard InChI is InChI=1S/C27H32N6O3/c1-3-25(26-29-30-31-33(26)16-19-8-5-4-6-9-19)32(18-23-10-7-13-36-23)17-21-14-20-15-22(35-2)11-12-24(20)28-27(21)34/h4-6,8-9,11-12,14-15,23,25H,3,7,10,13,16-18H2,1-2H3,(H,28,34)/t23-,25+/m0/s1. The molecular formula is C27H32N6O3. The van der Waals surface area contributed by atoms with E-state index in [2.05, 4.69) is 44.5 Å². The molecule has 188 valence electrons. The third kappa shape index (κ3) is 5.32. The molecule has 0 radical (unpaired) electrons. The summed E-state index contributed by atoms with van der Waals surface area (Å²) in [5.74, 6) is 1.54. The quantitative estimate of drug-likeness (QED) is 0.363. The highest BCUT2D eigenvalue weighted by molar-refractivity contribution is 5.80. The zero-order valence-corrected chi connectivity index (χ0v) is 20.8. The number of rotatable bonds is 10. The maximum atomic E-state index is 13.1. The maximum absolute atomic E-state index is 13.1. The Morgan fingerprint density at radius 1 is 1.22 bits per heavy atom. The van der Waals surface area contributed by atoms with Gasteiger partial charge in [0.15, 0.2) is 5.82 Å². The number of pyridine rings is 1. The van der Waals surface area contributed by atoms with Crippen LogP contribution in [0, 0.1) is 0 Å². The van der Waals surface area contributed by atoms with Gasteiger partial charge in [0, 0.05) is 36.2 Å². The maximum Gasteiger partial charge on any atom is 0.252 e. The molecule has 2 aromatic carbocycles. The molecule has 0 aliphatic carbocycles. The lowest BCUT2D eigenvalue weighted by molar-refractivity contribution is 0.0489. The summed E-state index contributed by atoms with van der Waals surface area (Å²) in [5, 5.41) is 13.7. The Morgan fingerprint density at radius 3 is 2.83 bits per heavy atom. The summed E-state index contributed by atoms with van der Waals surface area (Å²) >= 11 is 0. The minimum atomic E-state index is -0.0938. The zero-order chi connectivity index (χ0) is 24.9. The summed E-state index contributed by atoms with van der Waals surface area (Å²) < 4.78 is 13.2. The van der Waals surface area contributed by atoms with Crippen LogP contribution in [0.2, 0.25) is 0 Å². The van der Waals surface area contributed by atoms with Crippen LogP contribution < -0.4 is 10.3 Å². The largest absolute Gasteiger partial charge is 0.497 e. The van der Waals surface area contributed by atoms with Crippen LogP contribution in [-0.4, -0.2) is 56.5 Å². The first-order valence-corrected chi connectivity index (χ1v) is 12.5. The number of nitrogens with one attached hydrogen (secondary N) is 1. The van der Waals surface area contributed by atoms with Gasteiger partial charge in [0.1, 0.15) is 5.75 Å². The summed E-state index contributed by atoms with van der Waals surface area (Å²) in [5.41, 5.74) is 2.51. The molecule has 0 saturated carbocycles. The first kappa shape index (κ1) is 24.1. The van der Waals surface area contributed by atoms with Crippen molar-refractivity contribution in [3.8, 4) is 5.75 Å². The molecule has 5 rings (SSSR count). The molecule has 0 unspecified atom stereocenters. The number of hydrogen-bond acceptors (Lipinski definition) is 7. The third-order valence-electron chi connectivity index (χ3n) is 6.82. The van der Waals surface area contributed by atoms with Crippen molar-refractivity contribution < 1.29 is 9.47 Å². The van der Waals surface area contributed by atoms with Gasteiger partial charge in [0.2, 0.25) is 0 Å². The summed E-state index contributed by atoms with van der Waals surface area (Å²) in [4.78, 5) is 18.4. The van der Waals surface area contributed by atoms with Gasteiger partial charge < -0.3 is 14.5 Å². The Balaban J connectivity index is 1.48.